The Balaban J connectivity index is 0.628. The number of nitrogens with zero attached hydrogens (tertiary/aromatic N) is 7. The number of anilines is 1. The predicted octanol–water partition coefficient (Wildman–Crippen LogP) is 5.84. The number of allylic oxidation sites excluding steroid dienone is 3. The molecule has 1 saturated carbocycles. The summed E-state index contributed by atoms with van der Waals surface area (Å²) >= 11 is 0. The first-order chi connectivity index (χ1) is 38.4. The number of imide groups is 1. The Labute approximate surface area is 462 Å². The summed E-state index contributed by atoms with van der Waals surface area (Å²) in [6, 6.07) is 17.3. The van der Waals surface area contributed by atoms with Crippen molar-refractivity contribution in [3.05, 3.63) is 119 Å². The third kappa shape index (κ3) is 15.1. The fourth-order valence-corrected chi connectivity index (χ4v) is 11.2. The van der Waals surface area contributed by atoms with Crippen LogP contribution in [-0.4, -0.2) is 149 Å². The van der Waals surface area contributed by atoms with Crippen LogP contribution in [0.2, 0.25) is 0 Å². The standard InChI is InChI=1S/C60H79N11O8/c1-67-28-30-69(31-29-67)41-60(24-22-45(23-25-60)44-13-4-3-5-14-44)42-79-53-16-8-15-49(53)65-57(74)48-37-46(38-63-56(48)61)47-39-64-70(40-47)27-7-6-17-54(72)62-26-10-33-78-35-11-34-77-32-9-12-43-18-19-50-52(36-43)68(2)59(76)71(50)51-20-21-55(73)66-58(51)75/h3-5,13-14,18-19,22-24,36-40,49,51,53H,6-12,15-17,20-21,25-35,41-42H2,1-2H3,(H2,61,63)(H,62,72)(H,65,74)(H,66,73,75)/t49-,51?,53-,60?/m0/s1. The highest BCUT2D eigenvalue weighted by atomic mass is 16.5. The number of hydrogen-bond donors (Lipinski definition) is 4. The van der Waals surface area contributed by atoms with Crippen LogP contribution >= 0.6 is 0 Å². The monoisotopic (exact) mass is 1080 g/mol. The maximum absolute atomic E-state index is 13.9. The normalized spacial score (nSPS) is 20.9. The summed E-state index contributed by atoms with van der Waals surface area (Å²) in [5, 5.41) is 13.2. The number of nitrogen functional groups attached to an aromatic ring is 1. The minimum atomic E-state index is -0.701. The van der Waals surface area contributed by atoms with E-state index in [-0.39, 0.29) is 53.2 Å². The summed E-state index contributed by atoms with van der Waals surface area (Å²) in [5.41, 5.74) is 12.8. The van der Waals surface area contributed by atoms with Crippen LogP contribution < -0.4 is 27.4 Å². The van der Waals surface area contributed by atoms with E-state index in [1.807, 2.05) is 35.1 Å². The van der Waals surface area contributed by atoms with E-state index in [2.05, 4.69) is 85.4 Å². The number of piperidine rings is 1. The van der Waals surface area contributed by atoms with Gasteiger partial charge in [-0.3, -0.25) is 43.2 Å². The summed E-state index contributed by atoms with van der Waals surface area (Å²) in [7, 11) is 3.88. The van der Waals surface area contributed by atoms with Gasteiger partial charge in [0.2, 0.25) is 17.7 Å². The summed E-state index contributed by atoms with van der Waals surface area (Å²) in [6.45, 7) is 9.19. The molecule has 2 aromatic carbocycles. The highest BCUT2D eigenvalue weighted by Crippen LogP contribution is 2.37. The molecular weight excluding hydrogens is 1000 g/mol. The summed E-state index contributed by atoms with van der Waals surface area (Å²) in [5.74, 6) is -0.826. The Bertz CT molecular complexity index is 3010. The molecule has 5 N–H and O–H groups in total. The minimum Gasteiger partial charge on any atom is -0.383 e. The number of aromatic nitrogens is 5. The van der Waals surface area contributed by atoms with Crippen molar-refractivity contribution < 1.29 is 33.4 Å². The van der Waals surface area contributed by atoms with Crippen LogP contribution in [0.1, 0.15) is 105 Å². The molecule has 79 heavy (non-hydrogen) atoms. The first-order valence-electron chi connectivity index (χ1n) is 28.4. The van der Waals surface area contributed by atoms with E-state index >= 15 is 0 Å². The van der Waals surface area contributed by atoms with Gasteiger partial charge in [0.25, 0.3) is 5.91 Å². The quantitative estimate of drug-likeness (QED) is 0.0359. The molecule has 9 rings (SSSR count). The number of aryl methyl sites for hydroxylation is 3. The fourth-order valence-electron chi connectivity index (χ4n) is 11.2. The number of nitrogens with one attached hydrogen (secondary N) is 3. The number of carbonyl (C=O) groups excluding carboxylic acids is 4. The molecule has 2 saturated heterocycles. The van der Waals surface area contributed by atoms with Crippen LogP contribution in [0.25, 0.3) is 27.7 Å². The molecule has 0 bridgehead atoms. The number of amides is 4. The van der Waals surface area contributed by atoms with Crippen molar-refractivity contribution in [3.63, 3.8) is 0 Å². The van der Waals surface area contributed by atoms with Gasteiger partial charge in [0.1, 0.15) is 11.9 Å². The molecule has 2 aliphatic carbocycles. The fraction of sp³-hybridized carbons (Fsp3) is 0.517. The molecular formula is C60H79N11O8. The second kappa shape index (κ2) is 27.4. The number of piperazine rings is 1. The number of nitrogens with two attached hydrogens (primary N) is 1. The number of rotatable bonds is 27. The molecule has 422 valence electrons. The zero-order valence-corrected chi connectivity index (χ0v) is 46.0. The number of carbonyl (C=O) groups is 4. The van der Waals surface area contributed by atoms with Crippen molar-refractivity contribution in [2.45, 2.75) is 108 Å². The van der Waals surface area contributed by atoms with Crippen LogP contribution in [0.4, 0.5) is 5.82 Å². The van der Waals surface area contributed by atoms with Gasteiger partial charge >= 0.3 is 5.69 Å². The largest absolute Gasteiger partial charge is 0.383 e. The number of imidazole rings is 1. The molecule has 2 aliphatic heterocycles. The Morgan fingerprint density at radius 2 is 1.65 bits per heavy atom. The average molecular weight is 1080 g/mol. The van der Waals surface area contributed by atoms with Gasteiger partial charge in [-0.05, 0) is 113 Å². The van der Waals surface area contributed by atoms with E-state index < -0.39 is 11.9 Å². The van der Waals surface area contributed by atoms with Gasteiger partial charge in [-0.2, -0.15) is 5.10 Å². The van der Waals surface area contributed by atoms with E-state index in [1.54, 1.807) is 30.1 Å². The number of benzene rings is 2. The lowest BCUT2D eigenvalue weighted by Gasteiger charge is -2.41. The van der Waals surface area contributed by atoms with Crippen LogP contribution in [-0.2, 0) is 48.6 Å². The molecule has 0 radical (unpaired) electrons. The number of hydrogen-bond acceptors (Lipinski definition) is 13. The lowest BCUT2D eigenvalue weighted by atomic mass is 9.79. The summed E-state index contributed by atoms with van der Waals surface area (Å²) in [6.07, 6.45) is 21.3. The Hall–Kier alpha value is -6.77. The van der Waals surface area contributed by atoms with Crippen molar-refractivity contribution in [2.24, 2.45) is 12.5 Å². The molecule has 4 amide bonds. The lowest BCUT2D eigenvalue weighted by molar-refractivity contribution is -0.135. The van der Waals surface area contributed by atoms with Gasteiger partial charge in [0.05, 0.1) is 41.5 Å². The predicted molar refractivity (Wildman–Crippen MR) is 304 cm³/mol. The van der Waals surface area contributed by atoms with Crippen LogP contribution in [0, 0.1) is 5.41 Å². The number of ether oxygens (including phenoxy) is 3. The van der Waals surface area contributed by atoms with Gasteiger partial charge in [-0.15, -0.1) is 0 Å². The number of likely N-dealkylation sites (N-methyl/N-ethyl adjacent to an activating group) is 1. The topological polar surface area (TPSA) is 222 Å². The average Bonchev–Trinajstić information content (AvgIpc) is 4.18. The molecule has 0 spiro atoms. The second-order valence-corrected chi connectivity index (χ2v) is 21.9. The lowest BCUT2D eigenvalue weighted by Crippen LogP contribution is -2.50. The van der Waals surface area contributed by atoms with Crippen molar-refractivity contribution in [1.29, 1.82) is 0 Å². The first kappa shape index (κ1) is 56.9. The number of unbranched alkanes of at least 4 members (excludes halogenated alkanes) is 1. The van der Waals surface area contributed by atoms with E-state index in [1.165, 1.54) is 15.7 Å². The zero-order valence-electron chi connectivity index (χ0n) is 46.0. The highest BCUT2D eigenvalue weighted by molar-refractivity contribution is 6.00. The van der Waals surface area contributed by atoms with Crippen molar-refractivity contribution >= 4 is 46.1 Å². The SMILES string of the molecule is CN1CCN(CC2(CO[C@H]3CCC[C@@H]3NC(=O)c3cc(-c4cnn(CCCCC(=O)NCCCOCCCOCCCc5ccc6c(c5)n(C)c(=O)n6C5CCC(=O)NC5=O)c4)cnc3N)C=CC(c3ccccc3)=CC2)CC1. The van der Waals surface area contributed by atoms with Gasteiger partial charge < -0.3 is 35.5 Å². The van der Waals surface area contributed by atoms with Crippen LogP contribution in [0.3, 0.4) is 0 Å². The van der Waals surface area contributed by atoms with Crippen LogP contribution in [0.5, 0.6) is 0 Å². The summed E-state index contributed by atoms with van der Waals surface area (Å²) in [4.78, 5) is 73.0. The minimum absolute atomic E-state index is 0.0138. The summed E-state index contributed by atoms with van der Waals surface area (Å²) < 4.78 is 23.3. The smallest absolute Gasteiger partial charge is 0.329 e. The maximum atomic E-state index is 13.9. The number of fused-ring (bicyclic) bond motifs is 1. The second-order valence-electron chi connectivity index (χ2n) is 21.9. The zero-order chi connectivity index (χ0) is 55.1. The molecule has 3 fully saturated rings. The Morgan fingerprint density at radius 1 is 0.848 bits per heavy atom. The maximum Gasteiger partial charge on any atom is 0.329 e. The van der Waals surface area contributed by atoms with Crippen LogP contribution in [0.15, 0.2) is 96.2 Å². The molecule has 5 heterocycles. The molecule has 19 heteroatoms. The van der Waals surface area contributed by atoms with E-state index in [0.717, 1.165) is 113 Å². The van der Waals surface area contributed by atoms with Gasteiger partial charge in [0, 0.05) is 121 Å². The Morgan fingerprint density at radius 3 is 2.43 bits per heavy atom. The Kier molecular flexibility index (Phi) is 19.7. The third-order valence-corrected chi connectivity index (χ3v) is 15.9. The molecule has 5 aromatic rings. The van der Waals surface area contributed by atoms with E-state index in [4.69, 9.17) is 19.9 Å². The van der Waals surface area contributed by atoms with Gasteiger partial charge in [-0.1, -0.05) is 54.6 Å². The third-order valence-electron chi connectivity index (χ3n) is 15.9. The molecule has 3 aromatic heterocycles. The highest BCUT2D eigenvalue weighted by Gasteiger charge is 2.37. The van der Waals surface area contributed by atoms with Crippen molar-refractivity contribution in [3.8, 4) is 11.1 Å². The van der Waals surface area contributed by atoms with Crippen molar-refractivity contribution in [2.75, 3.05) is 85.1 Å². The van der Waals surface area contributed by atoms with Crippen molar-refractivity contribution in [1.82, 2.24) is 49.6 Å². The van der Waals surface area contributed by atoms with Gasteiger partial charge in [0.15, 0.2) is 0 Å². The molecule has 2 unspecified atom stereocenters. The van der Waals surface area contributed by atoms with E-state index in [0.29, 0.717) is 76.5 Å². The molecule has 4 atom stereocenters. The first-order valence-corrected chi connectivity index (χ1v) is 28.4. The number of pyridine rings is 1. The molecule has 19 nitrogen and oxygen atoms in total. The molecule has 4 aliphatic rings. The van der Waals surface area contributed by atoms with E-state index in [9.17, 15) is 24.0 Å². The van der Waals surface area contributed by atoms with Gasteiger partial charge in [-0.25, -0.2) is 9.78 Å².